The number of anilines is 2. The topological polar surface area (TPSA) is 85.2 Å². The molecule has 0 radical (unpaired) electrons. The van der Waals surface area contributed by atoms with Crippen LogP contribution in [0.1, 0.15) is 23.1 Å². The normalized spacial score (nSPS) is 19.6. The molecule has 1 spiro atoms. The number of hydrogen-bond acceptors (Lipinski definition) is 4. The number of nitrogens with one attached hydrogen (secondary N) is 2. The Morgan fingerprint density at radius 1 is 1.06 bits per heavy atom. The Morgan fingerprint density at radius 3 is 2.52 bits per heavy atom. The summed E-state index contributed by atoms with van der Waals surface area (Å²) in [5.41, 5.74) is 1.96. The van der Waals surface area contributed by atoms with Crippen molar-refractivity contribution in [1.82, 2.24) is 9.78 Å². The first-order valence-corrected chi connectivity index (χ1v) is 9.34. The predicted octanol–water partition coefficient (Wildman–Crippen LogP) is 3.66. The molecule has 2 aliphatic heterocycles. The summed E-state index contributed by atoms with van der Waals surface area (Å²) in [5.74, 6) is -0.768. The average molecular weight is 428 g/mol. The van der Waals surface area contributed by atoms with Gasteiger partial charge in [-0.15, -0.1) is 13.2 Å². The van der Waals surface area contributed by atoms with Crippen LogP contribution >= 0.6 is 0 Å². The Hall–Kier alpha value is -3.82. The fraction of sp³-hybridized carbons (Fsp3) is 0.190. The Kier molecular flexibility index (Phi) is 3.92. The number of rotatable bonds is 2. The number of benzene rings is 2. The summed E-state index contributed by atoms with van der Waals surface area (Å²) in [4.78, 5) is 25.7. The molecular formula is C21H15F3N4O3. The Morgan fingerprint density at radius 2 is 1.81 bits per heavy atom. The minimum atomic E-state index is -4.80. The zero-order valence-corrected chi connectivity index (χ0v) is 16.1. The number of halogens is 3. The molecule has 3 aromatic rings. The molecule has 5 rings (SSSR count). The predicted molar refractivity (Wildman–Crippen MR) is 104 cm³/mol. The second kappa shape index (κ2) is 6.34. The van der Waals surface area contributed by atoms with Gasteiger partial charge in [0, 0.05) is 17.7 Å². The van der Waals surface area contributed by atoms with Crippen LogP contribution in [-0.4, -0.2) is 28.0 Å². The SMILES string of the molecule is Cc1ccc2c(c1)C1(CC(=O)Nc3c1cnn3-c1ccc(OC(F)(F)F)cc1)C(=O)N2. The van der Waals surface area contributed by atoms with Crippen LogP contribution in [0.4, 0.5) is 24.7 Å². The van der Waals surface area contributed by atoms with Crippen LogP contribution in [0.3, 0.4) is 0 Å². The molecule has 3 heterocycles. The quantitative estimate of drug-likeness (QED) is 0.653. The van der Waals surface area contributed by atoms with E-state index in [2.05, 4.69) is 20.5 Å². The maximum absolute atomic E-state index is 13.1. The summed E-state index contributed by atoms with van der Waals surface area (Å²) in [6.45, 7) is 1.90. The molecule has 0 aliphatic carbocycles. The zero-order chi connectivity index (χ0) is 22.0. The van der Waals surface area contributed by atoms with Crippen LogP contribution in [0.2, 0.25) is 0 Å². The zero-order valence-electron chi connectivity index (χ0n) is 16.1. The minimum Gasteiger partial charge on any atom is -0.406 e. The van der Waals surface area contributed by atoms with E-state index >= 15 is 0 Å². The number of alkyl halides is 3. The van der Waals surface area contributed by atoms with Gasteiger partial charge in [-0.2, -0.15) is 5.10 Å². The van der Waals surface area contributed by atoms with Crippen molar-refractivity contribution in [1.29, 1.82) is 0 Å². The number of hydrogen-bond donors (Lipinski definition) is 2. The third-order valence-corrected chi connectivity index (χ3v) is 5.50. The third-order valence-electron chi connectivity index (χ3n) is 5.50. The summed E-state index contributed by atoms with van der Waals surface area (Å²) >= 11 is 0. The van der Waals surface area contributed by atoms with Crippen LogP contribution in [0, 0.1) is 6.92 Å². The molecule has 0 saturated carbocycles. The lowest BCUT2D eigenvalue weighted by atomic mass is 9.71. The number of carbonyl (C=O) groups excluding carboxylic acids is 2. The molecular weight excluding hydrogens is 413 g/mol. The van der Waals surface area contributed by atoms with Crippen molar-refractivity contribution in [3.8, 4) is 11.4 Å². The van der Waals surface area contributed by atoms with Crippen molar-refractivity contribution >= 4 is 23.3 Å². The monoisotopic (exact) mass is 428 g/mol. The number of nitrogens with zero attached hydrogens (tertiary/aromatic N) is 2. The molecule has 158 valence electrons. The number of amides is 2. The highest BCUT2D eigenvalue weighted by Gasteiger charge is 2.54. The van der Waals surface area contributed by atoms with Gasteiger partial charge in [0.05, 0.1) is 11.9 Å². The van der Waals surface area contributed by atoms with E-state index in [4.69, 9.17) is 0 Å². The van der Waals surface area contributed by atoms with Crippen LogP contribution in [0.15, 0.2) is 48.7 Å². The minimum absolute atomic E-state index is 0.0770. The summed E-state index contributed by atoms with van der Waals surface area (Å²) in [6, 6.07) is 10.6. The van der Waals surface area contributed by atoms with E-state index in [1.54, 1.807) is 6.07 Å². The van der Waals surface area contributed by atoms with Crippen LogP contribution in [0.25, 0.3) is 5.69 Å². The molecule has 1 atom stereocenters. The van der Waals surface area contributed by atoms with Gasteiger partial charge in [0.15, 0.2) is 0 Å². The maximum Gasteiger partial charge on any atom is 0.573 e. The molecule has 7 nitrogen and oxygen atoms in total. The van der Waals surface area contributed by atoms with Gasteiger partial charge in [0.1, 0.15) is 17.0 Å². The molecule has 1 unspecified atom stereocenters. The van der Waals surface area contributed by atoms with Gasteiger partial charge in [-0.3, -0.25) is 9.59 Å². The third kappa shape index (κ3) is 2.94. The number of fused-ring (bicyclic) bond motifs is 4. The van der Waals surface area contributed by atoms with Crippen molar-refractivity contribution in [3.05, 3.63) is 65.4 Å². The highest BCUT2D eigenvalue weighted by molar-refractivity contribution is 6.14. The Balaban J connectivity index is 1.62. The van der Waals surface area contributed by atoms with Crippen molar-refractivity contribution < 1.29 is 27.5 Å². The second-order valence-electron chi connectivity index (χ2n) is 7.49. The van der Waals surface area contributed by atoms with Gasteiger partial charge in [-0.1, -0.05) is 17.7 Å². The largest absolute Gasteiger partial charge is 0.573 e. The van der Waals surface area contributed by atoms with Crippen LogP contribution in [0.5, 0.6) is 5.75 Å². The molecule has 2 N–H and O–H groups in total. The summed E-state index contributed by atoms with van der Waals surface area (Å²) in [5, 5.41) is 9.91. The molecule has 0 bridgehead atoms. The molecule has 10 heteroatoms. The Labute approximate surface area is 173 Å². The fourth-order valence-corrected chi connectivity index (χ4v) is 4.19. The van der Waals surface area contributed by atoms with E-state index < -0.39 is 11.8 Å². The maximum atomic E-state index is 13.1. The van der Waals surface area contributed by atoms with Gasteiger partial charge in [-0.05, 0) is 42.8 Å². The summed E-state index contributed by atoms with van der Waals surface area (Å²) < 4.78 is 42.5. The van der Waals surface area contributed by atoms with Gasteiger partial charge in [-0.25, -0.2) is 4.68 Å². The van der Waals surface area contributed by atoms with Crippen LogP contribution < -0.4 is 15.4 Å². The standard InChI is InChI=1S/C21H15F3N4O3/c1-11-2-7-16-14(8-11)20(19(30)26-16)9-17(29)27-18-15(20)10-25-28(18)12-3-5-13(6-4-12)31-21(22,23)24/h2-8,10H,9H2,1H3,(H,26,30)(H,27,29). The van der Waals surface area contributed by atoms with E-state index in [0.717, 1.165) is 17.7 Å². The van der Waals surface area contributed by atoms with E-state index in [-0.39, 0.29) is 24.0 Å². The van der Waals surface area contributed by atoms with Crippen molar-refractivity contribution in [2.24, 2.45) is 0 Å². The number of aryl methyl sites for hydroxylation is 1. The molecule has 0 saturated heterocycles. The molecule has 0 fully saturated rings. The number of aromatic nitrogens is 2. The van der Waals surface area contributed by atoms with Crippen LogP contribution in [-0.2, 0) is 15.0 Å². The lowest BCUT2D eigenvalue weighted by Gasteiger charge is -2.31. The molecule has 2 amide bonds. The van der Waals surface area contributed by atoms with Gasteiger partial charge in [0.2, 0.25) is 11.8 Å². The molecule has 2 aromatic carbocycles. The van der Waals surface area contributed by atoms with Crippen molar-refractivity contribution in [2.75, 3.05) is 10.6 Å². The summed E-state index contributed by atoms with van der Waals surface area (Å²) in [6.07, 6.45) is -3.37. The highest BCUT2D eigenvalue weighted by atomic mass is 19.4. The fourth-order valence-electron chi connectivity index (χ4n) is 4.19. The Bertz CT molecular complexity index is 1230. The smallest absolute Gasteiger partial charge is 0.406 e. The highest BCUT2D eigenvalue weighted by Crippen LogP contribution is 2.50. The lowest BCUT2D eigenvalue weighted by Crippen LogP contribution is -2.43. The van der Waals surface area contributed by atoms with Crippen molar-refractivity contribution in [2.45, 2.75) is 25.1 Å². The van der Waals surface area contributed by atoms with Gasteiger partial charge >= 0.3 is 6.36 Å². The van der Waals surface area contributed by atoms with E-state index in [1.807, 2.05) is 19.1 Å². The average Bonchev–Trinajstić information content (AvgIpc) is 3.22. The number of ether oxygens (including phenoxy) is 1. The number of carbonyl (C=O) groups is 2. The first kappa shape index (κ1) is 19.2. The molecule has 1 aromatic heterocycles. The van der Waals surface area contributed by atoms with Gasteiger partial charge in [0.25, 0.3) is 0 Å². The van der Waals surface area contributed by atoms with E-state index in [9.17, 15) is 22.8 Å². The first-order valence-electron chi connectivity index (χ1n) is 9.34. The molecule has 2 aliphatic rings. The van der Waals surface area contributed by atoms with Crippen molar-refractivity contribution in [3.63, 3.8) is 0 Å². The van der Waals surface area contributed by atoms with E-state index in [1.165, 1.54) is 23.0 Å². The first-order chi connectivity index (χ1) is 14.7. The lowest BCUT2D eigenvalue weighted by molar-refractivity contribution is -0.274. The summed E-state index contributed by atoms with van der Waals surface area (Å²) in [7, 11) is 0. The van der Waals surface area contributed by atoms with Gasteiger partial charge < -0.3 is 15.4 Å². The molecule has 31 heavy (non-hydrogen) atoms. The van der Waals surface area contributed by atoms with E-state index in [0.29, 0.717) is 28.3 Å². The second-order valence-corrected chi connectivity index (χ2v) is 7.49.